The molecule has 10 nitrogen and oxygen atoms in total. The number of carbonyl (C=O) groups excluding carboxylic acids is 3. The molecule has 6 aromatic rings. The van der Waals surface area contributed by atoms with Crippen LogP contribution < -0.4 is 16.0 Å². The Labute approximate surface area is 295 Å². The minimum absolute atomic E-state index is 0.0710. The van der Waals surface area contributed by atoms with Crippen LogP contribution in [0, 0.1) is 17.0 Å². The molecule has 5 aromatic carbocycles. The fourth-order valence-corrected chi connectivity index (χ4v) is 6.99. The third-order valence-corrected chi connectivity index (χ3v) is 9.59. The van der Waals surface area contributed by atoms with Gasteiger partial charge in [0.05, 0.1) is 15.1 Å². The normalized spacial score (nSPS) is 11.8. The van der Waals surface area contributed by atoms with Crippen molar-refractivity contribution in [1.82, 2.24) is 10.3 Å². The number of fused-ring (bicyclic) bond motifs is 1. The summed E-state index contributed by atoms with van der Waals surface area (Å²) in [5, 5.41) is 19.5. The maximum atomic E-state index is 13.7. The molecule has 0 fully saturated rings. The lowest BCUT2D eigenvalue weighted by molar-refractivity contribution is -0.384. The molecule has 12 heteroatoms. The van der Waals surface area contributed by atoms with Crippen molar-refractivity contribution in [3.63, 3.8) is 0 Å². The van der Waals surface area contributed by atoms with Crippen molar-refractivity contribution in [2.45, 2.75) is 17.1 Å². The van der Waals surface area contributed by atoms with Gasteiger partial charge in [-0.2, -0.15) is 0 Å². The van der Waals surface area contributed by atoms with E-state index in [0.717, 1.165) is 21.3 Å². The van der Waals surface area contributed by atoms with E-state index in [0.29, 0.717) is 26.8 Å². The van der Waals surface area contributed by atoms with E-state index in [-0.39, 0.29) is 17.3 Å². The molecule has 1 unspecified atom stereocenters. The van der Waals surface area contributed by atoms with Crippen LogP contribution in [0.5, 0.6) is 0 Å². The second kappa shape index (κ2) is 15.4. The number of amides is 3. The highest BCUT2D eigenvalue weighted by Gasteiger charge is 2.24. The number of aromatic nitrogens is 1. The maximum absolute atomic E-state index is 13.7. The van der Waals surface area contributed by atoms with Crippen molar-refractivity contribution in [3.05, 3.63) is 165 Å². The molecule has 6 rings (SSSR count). The van der Waals surface area contributed by atoms with E-state index in [1.54, 1.807) is 48.5 Å². The highest BCUT2D eigenvalue weighted by molar-refractivity contribution is 8.00. The molecule has 0 saturated carbocycles. The van der Waals surface area contributed by atoms with Gasteiger partial charge in [0.1, 0.15) is 10.9 Å². The molecule has 0 aliphatic heterocycles. The van der Waals surface area contributed by atoms with E-state index >= 15 is 0 Å². The molecule has 1 atom stereocenters. The number of thioether (sulfide) groups is 1. The number of nitrogens with zero attached hydrogens (tertiary/aromatic N) is 2. The summed E-state index contributed by atoms with van der Waals surface area (Å²) >= 11 is 2.73. The minimum atomic E-state index is -0.640. The molecule has 50 heavy (non-hydrogen) atoms. The van der Waals surface area contributed by atoms with E-state index in [1.165, 1.54) is 53.4 Å². The maximum Gasteiger partial charge on any atom is 0.272 e. The van der Waals surface area contributed by atoms with Crippen molar-refractivity contribution >= 4 is 73.6 Å². The SMILES string of the molecule is Cc1ccc2nc(NC(=O)C(Sc3cccc(NC(=O)/C(=C\c4ccc([N+](=O)[O-])cc4)NC(=O)c4ccccc4)c3)c3ccccc3)sc2c1. The number of hydrogen-bond donors (Lipinski definition) is 3. The second-order valence-corrected chi connectivity index (χ2v) is 13.3. The van der Waals surface area contributed by atoms with Crippen molar-refractivity contribution in [3.8, 4) is 0 Å². The predicted octanol–water partition coefficient (Wildman–Crippen LogP) is 8.39. The van der Waals surface area contributed by atoms with Crippen LogP contribution in [0.15, 0.2) is 138 Å². The second-order valence-electron chi connectivity index (χ2n) is 11.1. The summed E-state index contributed by atoms with van der Waals surface area (Å²) in [7, 11) is 0. The molecule has 0 radical (unpaired) electrons. The van der Waals surface area contributed by atoms with Crippen LogP contribution in [0.4, 0.5) is 16.5 Å². The molecule has 0 saturated heterocycles. The minimum Gasteiger partial charge on any atom is -0.321 e. The molecule has 248 valence electrons. The number of thiazole rings is 1. The Kier molecular flexibility index (Phi) is 10.4. The molecule has 0 spiro atoms. The molecule has 0 bridgehead atoms. The van der Waals surface area contributed by atoms with Gasteiger partial charge in [-0.1, -0.05) is 72.0 Å². The van der Waals surface area contributed by atoms with Crippen LogP contribution in [-0.4, -0.2) is 27.6 Å². The third-order valence-electron chi connectivity index (χ3n) is 7.40. The Hall–Kier alpha value is -6.11. The van der Waals surface area contributed by atoms with Gasteiger partial charge in [-0.05, 0) is 84.3 Å². The fraction of sp³-hybridized carbons (Fsp3) is 0.0526. The lowest BCUT2D eigenvalue weighted by Crippen LogP contribution is -2.30. The zero-order chi connectivity index (χ0) is 35.0. The number of non-ortho nitro benzene ring substituents is 1. The predicted molar refractivity (Wildman–Crippen MR) is 198 cm³/mol. The summed E-state index contributed by atoms with van der Waals surface area (Å²) in [4.78, 5) is 56.3. The van der Waals surface area contributed by atoms with E-state index in [9.17, 15) is 24.5 Å². The quantitative estimate of drug-likeness (QED) is 0.0533. The van der Waals surface area contributed by atoms with Crippen molar-refractivity contribution < 1.29 is 19.3 Å². The number of rotatable bonds is 11. The van der Waals surface area contributed by atoms with Crippen LogP contribution in [0.25, 0.3) is 16.3 Å². The van der Waals surface area contributed by atoms with E-state index in [2.05, 4.69) is 20.9 Å². The van der Waals surface area contributed by atoms with Gasteiger partial charge in [0.2, 0.25) is 5.91 Å². The number of aryl methyl sites for hydroxylation is 1. The molecule has 3 amide bonds. The number of nitro groups is 1. The zero-order valence-corrected chi connectivity index (χ0v) is 28.2. The number of hydrogen-bond acceptors (Lipinski definition) is 8. The Morgan fingerprint density at radius 2 is 1.56 bits per heavy atom. The van der Waals surface area contributed by atoms with Crippen molar-refractivity contribution in [1.29, 1.82) is 0 Å². The average Bonchev–Trinajstić information content (AvgIpc) is 3.52. The largest absolute Gasteiger partial charge is 0.321 e. The molecule has 1 heterocycles. The number of benzene rings is 5. The van der Waals surface area contributed by atoms with Crippen molar-refractivity contribution in [2.24, 2.45) is 0 Å². The Bertz CT molecular complexity index is 2220. The van der Waals surface area contributed by atoms with Gasteiger partial charge in [0.15, 0.2) is 5.13 Å². The molecular formula is C38H29N5O5S2. The van der Waals surface area contributed by atoms with Crippen molar-refractivity contribution in [2.75, 3.05) is 10.6 Å². The first-order chi connectivity index (χ1) is 24.2. The highest BCUT2D eigenvalue weighted by Crippen LogP contribution is 2.38. The summed E-state index contributed by atoms with van der Waals surface area (Å²) < 4.78 is 0.981. The van der Waals surface area contributed by atoms with Gasteiger partial charge in [0, 0.05) is 28.3 Å². The number of anilines is 2. The van der Waals surface area contributed by atoms with Crippen LogP contribution in [0.3, 0.4) is 0 Å². The molecular weight excluding hydrogens is 671 g/mol. The van der Waals surface area contributed by atoms with E-state index in [1.807, 2.05) is 61.5 Å². The highest BCUT2D eigenvalue weighted by atomic mass is 32.2. The summed E-state index contributed by atoms with van der Waals surface area (Å²) in [6, 6.07) is 36.4. The molecule has 1 aromatic heterocycles. The number of nitro benzene ring substituents is 1. The monoisotopic (exact) mass is 699 g/mol. The summed E-state index contributed by atoms with van der Waals surface area (Å²) in [5.74, 6) is -1.36. The first-order valence-corrected chi connectivity index (χ1v) is 17.0. The van der Waals surface area contributed by atoms with Gasteiger partial charge in [-0.3, -0.25) is 24.5 Å². The Balaban J connectivity index is 1.23. The first kappa shape index (κ1) is 33.8. The number of carbonyl (C=O) groups is 3. The van der Waals surface area contributed by atoms with Crippen LogP contribution in [0.1, 0.15) is 32.3 Å². The van der Waals surface area contributed by atoms with Gasteiger partial charge < -0.3 is 16.0 Å². The van der Waals surface area contributed by atoms with Gasteiger partial charge in [0.25, 0.3) is 17.5 Å². The third kappa shape index (κ3) is 8.48. The molecule has 0 aliphatic rings. The smallest absolute Gasteiger partial charge is 0.272 e. The first-order valence-electron chi connectivity index (χ1n) is 15.4. The van der Waals surface area contributed by atoms with Gasteiger partial charge >= 0.3 is 0 Å². The standard InChI is InChI=1S/C38H29N5O5S2/c1-24-15-20-31-33(21-24)50-38(41-31)42-37(46)34(26-9-4-2-5-10-26)49-30-14-8-13-28(23-30)39-36(45)32(40-35(44)27-11-6-3-7-12-27)22-25-16-18-29(19-17-25)43(47)48/h2-23,34H,1H3,(H,39,45)(H,40,44)(H,41,42,46)/b32-22+. The lowest BCUT2D eigenvalue weighted by atomic mass is 10.1. The van der Waals surface area contributed by atoms with Crippen LogP contribution in [0.2, 0.25) is 0 Å². The van der Waals surface area contributed by atoms with Crippen LogP contribution >= 0.6 is 23.1 Å². The Morgan fingerprint density at radius 3 is 2.28 bits per heavy atom. The van der Waals surface area contributed by atoms with E-state index in [4.69, 9.17) is 0 Å². The van der Waals surface area contributed by atoms with E-state index < -0.39 is 22.0 Å². The summed E-state index contributed by atoms with van der Waals surface area (Å²) in [5.41, 5.74) is 3.78. The Morgan fingerprint density at radius 1 is 0.840 bits per heavy atom. The lowest BCUT2D eigenvalue weighted by Gasteiger charge is -2.17. The van der Waals surface area contributed by atoms with Gasteiger partial charge in [-0.15, -0.1) is 11.8 Å². The zero-order valence-electron chi connectivity index (χ0n) is 26.5. The molecule has 0 aliphatic carbocycles. The number of nitrogens with one attached hydrogen (secondary N) is 3. The fourth-order valence-electron chi connectivity index (χ4n) is 4.94. The van der Waals surface area contributed by atoms with Gasteiger partial charge in [-0.25, -0.2) is 4.98 Å². The summed E-state index contributed by atoms with van der Waals surface area (Å²) in [6.45, 7) is 2.01. The topological polar surface area (TPSA) is 143 Å². The summed E-state index contributed by atoms with van der Waals surface area (Å²) in [6.07, 6.45) is 1.44. The molecule has 3 N–H and O–H groups in total. The van der Waals surface area contributed by atoms with Crippen LogP contribution in [-0.2, 0) is 9.59 Å². The average molecular weight is 700 g/mol.